The van der Waals surface area contributed by atoms with E-state index in [1.165, 1.54) is 4.88 Å². The molecule has 1 heterocycles. The van der Waals surface area contributed by atoms with E-state index in [1.54, 1.807) is 11.3 Å². The first kappa shape index (κ1) is 13.1. The van der Waals surface area contributed by atoms with Crippen LogP contribution >= 0.6 is 38.9 Å². The topological polar surface area (TPSA) is 20.2 Å². The van der Waals surface area contributed by atoms with Gasteiger partial charge in [0.05, 0.1) is 6.61 Å². The molecule has 0 fully saturated rings. The van der Waals surface area contributed by atoms with E-state index in [0.29, 0.717) is 0 Å². The van der Waals surface area contributed by atoms with Crippen LogP contribution in [0, 0.1) is 0 Å². The van der Waals surface area contributed by atoms with Crippen LogP contribution in [0.4, 0.5) is 0 Å². The molecule has 0 spiro atoms. The molecule has 0 aliphatic rings. The maximum absolute atomic E-state index is 9.49. The number of hydrogen-bond donors (Lipinski definition) is 1. The quantitative estimate of drug-likeness (QED) is 0.875. The standard InChI is InChI=1S/C13H12BrClOS/c14-12-5-6-17-13(12)7-10(8-16)9-1-3-11(15)4-2-9/h1-6,10,16H,7-8H2. The minimum atomic E-state index is 0.127. The van der Waals surface area contributed by atoms with Crippen molar-refractivity contribution in [3.05, 3.63) is 55.6 Å². The van der Waals surface area contributed by atoms with Crippen molar-refractivity contribution >= 4 is 38.9 Å². The van der Waals surface area contributed by atoms with Crippen molar-refractivity contribution in [3.63, 3.8) is 0 Å². The molecule has 0 amide bonds. The highest BCUT2D eigenvalue weighted by molar-refractivity contribution is 9.10. The molecule has 0 bridgehead atoms. The molecule has 1 aromatic carbocycles. The van der Waals surface area contributed by atoms with E-state index in [2.05, 4.69) is 21.3 Å². The van der Waals surface area contributed by atoms with Crippen LogP contribution in [0.1, 0.15) is 16.4 Å². The van der Waals surface area contributed by atoms with Crippen molar-refractivity contribution in [1.82, 2.24) is 0 Å². The van der Waals surface area contributed by atoms with Crippen molar-refractivity contribution in [2.75, 3.05) is 6.61 Å². The fourth-order valence-electron chi connectivity index (χ4n) is 1.72. The molecule has 2 aromatic rings. The summed E-state index contributed by atoms with van der Waals surface area (Å²) in [6, 6.07) is 9.72. The second-order valence-corrected chi connectivity index (χ2v) is 6.12. The SMILES string of the molecule is OCC(Cc1sccc1Br)c1ccc(Cl)cc1. The van der Waals surface area contributed by atoms with Crippen LogP contribution < -0.4 is 0 Å². The first-order valence-electron chi connectivity index (χ1n) is 5.29. The van der Waals surface area contributed by atoms with Crippen molar-refractivity contribution in [1.29, 1.82) is 0 Å². The summed E-state index contributed by atoms with van der Waals surface area (Å²) in [6.45, 7) is 0.145. The molecule has 0 aliphatic carbocycles. The van der Waals surface area contributed by atoms with Gasteiger partial charge in [0.1, 0.15) is 0 Å². The minimum Gasteiger partial charge on any atom is -0.396 e. The van der Waals surface area contributed by atoms with Crippen LogP contribution in [0.2, 0.25) is 5.02 Å². The van der Waals surface area contributed by atoms with Crippen molar-refractivity contribution in [2.24, 2.45) is 0 Å². The highest BCUT2D eigenvalue weighted by Gasteiger charge is 2.13. The zero-order chi connectivity index (χ0) is 12.3. The Morgan fingerprint density at radius 2 is 1.94 bits per heavy atom. The van der Waals surface area contributed by atoms with Crippen LogP contribution in [0.5, 0.6) is 0 Å². The Hall–Kier alpha value is -0.350. The summed E-state index contributed by atoms with van der Waals surface area (Å²) in [5, 5.41) is 12.3. The lowest BCUT2D eigenvalue weighted by molar-refractivity contribution is 0.265. The molecule has 4 heteroatoms. The second-order valence-electron chi connectivity index (χ2n) is 3.83. The average Bonchev–Trinajstić information content (AvgIpc) is 2.73. The summed E-state index contributed by atoms with van der Waals surface area (Å²) in [6.07, 6.45) is 0.844. The van der Waals surface area contributed by atoms with Gasteiger partial charge in [-0.15, -0.1) is 11.3 Å². The maximum Gasteiger partial charge on any atom is 0.0503 e. The Bertz CT molecular complexity index is 480. The van der Waals surface area contributed by atoms with Gasteiger partial charge in [-0.25, -0.2) is 0 Å². The molecule has 1 atom stereocenters. The molecule has 0 aliphatic heterocycles. The summed E-state index contributed by atoms with van der Waals surface area (Å²) < 4.78 is 1.12. The molecule has 1 nitrogen and oxygen atoms in total. The van der Waals surface area contributed by atoms with Gasteiger partial charge in [-0.3, -0.25) is 0 Å². The Labute approximate surface area is 118 Å². The number of benzene rings is 1. The molecule has 2 rings (SSSR count). The highest BCUT2D eigenvalue weighted by Crippen LogP contribution is 2.29. The van der Waals surface area contributed by atoms with Crippen LogP contribution in [-0.2, 0) is 6.42 Å². The zero-order valence-corrected chi connectivity index (χ0v) is 12.2. The predicted molar refractivity (Wildman–Crippen MR) is 77.0 cm³/mol. The first-order valence-corrected chi connectivity index (χ1v) is 7.34. The molecule has 1 unspecified atom stereocenters. The molecule has 0 radical (unpaired) electrons. The maximum atomic E-state index is 9.49. The molecule has 90 valence electrons. The third kappa shape index (κ3) is 3.32. The van der Waals surface area contributed by atoms with E-state index >= 15 is 0 Å². The number of rotatable bonds is 4. The van der Waals surface area contributed by atoms with Gasteiger partial charge >= 0.3 is 0 Å². The summed E-state index contributed by atoms with van der Waals surface area (Å²) in [5.74, 6) is 0.127. The van der Waals surface area contributed by atoms with Gasteiger partial charge in [-0.2, -0.15) is 0 Å². The Kier molecular flexibility index (Phi) is 4.62. The summed E-state index contributed by atoms with van der Waals surface area (Å²) in [5.41, 5.74) is 1.12. The smallest absolute Gasteiger partial charge is 0.0503 e. The molecule has 17 heavy (non-hydrogen) atoms. The largest absolute Gasteiger partial charge is 0.396 e. The van der Waals surface area contributed by atoms with Gasteiger partial charge in [0, 0.05) is 20.3 Å². The summed E-state index contributed by atoms with van der Waals surface area (Å²) in [4.78, 5) is 1.26. The monoisotopic (exact) mass is 330 g/mol. The van der Waals surface area contributed by atoms with Gasteiger partial charge in [0.2, 0.25) is 0 Å². The summed E-state index contributed by atoms with van der Waals surface area (Å²) in [7, 11) is 0. The van der Waals surface area contributed by atoms with Gasteiger partial charge in [0.15, 0.2) is 0 Å². The molecular formula is C13H12BrClOS. The van der Waals surface area contributed by atoms with Gasteiger partial charge in [-0.05, 0) is 51.5 Å². The summed E-state index contributed by atoms with van der Waals surface area (Å²) >= 11 is 11.1. The van der Waals surface area contributed by atoms with Crippen LogP contribution in [0.25, 0.3) is 0 Å². The van der Waals surface area contributed by atoms with E-state index in [4.69, 9.17) is 11.6 Å². The van der Waals surface area contributed by atoms with Crippen molar-refractivity contribution in [2.45, 2.75) is 12.3 Å². The van der Waals surface area contributed by atoms with Crippen molar-refractivity contribution in [3.8, 4) is 0 Å². The number of aliphatic hydroxyl groups excluding tert-OH is 1. The first-order chi connectivity index (χ1) is 8.20. The van der Waals surface area contributed by atoms with E-state index in [0.717, 1.165) is 21.5 Å². The van der Waals surface area contributed by atoms with Crippen LogP contribution in [0.15, 0.2) is 40.2 Å². The van der Waals surface area contributed by atoms with Crippen LogP contribution in [-0.4, -0.2) is 11.7 Å². The predicted octanol–water partition coefficient (Wildman–Crippen LogP) is 4.48. The van der Waals surface area contributed by atoms with E-state index in [-0.39, 0.29) is 12.5 Å². The lowest BCUT2D eigenvalue weighted by Crippen LogP contribution is -2.07. The van der Waals surface area contributed by atoms with E-state index in [9.17, 15) is 5.11 Å². The number of aliphatic hydroxyl groups is 1. The highest BCUT2D eigenvalue weighted by atomic mass is 79.9. The Balaban J connectivity index is 2.17. The normalized spacial score (nSPS) is 12.6. The lowest BCUT2D eigenvalue weighted by atomic mass is 9.96. The minimum absolute atomic E-state index is 0.127. The second kappa shape index (κ2) is 6.01. The van der Waals surface area contributed by atoms with E-state index < -0.39 is 0 Å². The van der Waals surface area contributed by atoms with Gasteiger partial charge < -0.3 is 5.11 Å². The number of hydrogen-bond acceptors (Lipinski definition) is 2. The third-order valence-corrected chi connectivity index (χ3v) is 4.89. The molecule has 0 saturated heterocycles. The fourth-order valence-corrected chi connectivity index (χ4v) is 3.44. The van der Waals surface area contributed by atoms with E-state index in [1.807, 2.05) is 30.3 Å². The van der Waals surface area contributed by atoms with Gasteiger partial charge in [0.25, 0.3) is 0 Å². The number of halogens is 2. The zero-order valence-electron chi connectivity index (χ0n) is 9.07. The Morgan fingerprint density at radius 3 is 2.47 bits per heavy atom. The molecule has 1 aromatic heterocycles. The molecule has 1 N–H and O–H groups in total. The number of thiophene rings is 1. The fraction of sp³-hybridized carbons (Fsp3) is 0.231. The lowest BCUT2D eigenvalue weighted by Gasteiger charge is -2.14. The van der Waals surface area contributed by atoms with Crippen LogP contribution in [0.3, 0.4) is 0 Å². The molecular weight excluding hydrogens is 320 g/mol. The molecule has 0 saturated carbocycles. The van der Waals surface area contributed by atoms with Crippen molar-refractivity contribution < 1.29 is 5.11 Å². The average molecular weight is 332 g/mol. The van der Waals surface area contributed by atoms with Gasteiger partial charge in [-0.1, -0.05) is 23.7 Å². The third-order valence-electron chi connectivity index (χ3n) is 2.68. The Morgan fingerprint density at radius 1 is 1.24 bits per heavy atom.